The average molecular weight is 303 g/mol. The van der Waals surface area contributed by atoms with Gasteiger partial charge in [-0.3, -0.25) is 4.79 Å². The molecule has 0 atom stereocenters. The van der Waals surface area contributed by atoms with E-state index in [-0.39, 0.29) is 18.3 Å². The van der Waals surface area contributed by atoms with Crippen LogP contribution >= 0.6 is 12.4 Å². The molecule has 1 aromatic carbocycles. The molecule has 114 valence electrons. The number of carbonyl (C=O) groups excluding carboxylic acids is 1. The van der Waals surface area contributed by atoms with Gasteiger partial charge in [-0.25, -0.2) is 0 Å². The van der Waals surface area contributed by atoms with Gasteiger partial charge >= 0.3 is 0 Å². The minimum atomic E-state index is 0. The standard InChI is InChI=1S/C14H22N2O3.ClH/c1-16(14(17)10-15-7-8-18-2)11-12-5-4-6-13(9-12)19-3;/h4-6,9,15H,7-8,10-11H2,1-3H3;1H. The molecule has 0 aliphatic rings. The van der Waals surface area contributed by atoms with Crippen LogP contribution in [-0.2, 0) is 16.1 Å². The van der Waals surface area contributed by atoms with Crippen molar-refractivity contribution in [3.63, 3.8) is 0 Å². The number of benzene rings is 1. The van der Waals surface area contributed by atoms with Gasteiger partial charge in [-0.15, -0.1) is 12.4 Å². The maximum Gasteiger partial charge on any atom is 0.236 e. The van der Waals surface area contributed by atoms with Crippen molar-refractivity contribution in [1.82, 2.24) is 10.2 Å². The summed E-state index contributed by atoms with van der Waals surface area (Å²) in [5.41, 5.74) is 1.05. The SMILES string of the molecule is COCCNCC(=O)N(C)Cc1cccc(OC)c1.Cl. The number of amides is 1. The summed E-state index contributed by atoms with van der Waals surface area (Å²) in [6.07, 6.45) is 0. The lowest BCUT2D eigenvalue weighted by Gasteiger charge is -2.18. The van der Waals surface area contributed by atoms with E-state index in [9.17, 15) is 4.79 Å². The molecule has 1 amide bonds. The molecule has 0 saturated carbocycles. The Hall–Kier alpha value is -1.30. The highest BCUT2D eigenvalue weighted by atomic mass is 35.5. The first-order valence-electron chi connectivity index (χ1n) is 6.24. The van der Waals surface area contributed by atoms with E-state index in [2.05, 4.69) is 5.32 Å². The first-order chi connectivity index (χ1) is 9.17. The Balaban J connectivity index is 0.00000361. The Morgan fingerprint density at radius 1 is 1.35 bits per heavy atom. The molecule has 0 bridgehead atoms. The van der Waals surface area contributed by atoms with Gasteiger partial charge in [0.15, 0.2) is 0 Å². The monoisotopic (exact) mass is 302 g/mol. The van der Waals surface area contributed by atoms with Crippen LogP contribution in [0.2, 0.25) is 0 Å². The third-order valence-corrected chi connectivity index (χ3v) is 2.74. The van der Waals surface area contributed by atoms with Crippen LogP contribution in [0, 0.1) is 0 Å². The molecule has 0 aliphatic heterocycles. The van der Waals surface area contributed by atoms with Crippen molar-refractivity contribution in [1.29, 1.82) is 0 Å². The summed E-state index contributed by atoms with van der Waals surface area (Å²) in [5, 5.41) is 3.03. The summed E-state index contributed by atoms with van der Waals surface area (Å²) in [5.74, 6) is 0.857. The maximum atomic E-state index is 11.9. The number of rotatable bonds is 8. The van der Waals surface area contributed by atoms with Crippen molar-refractivity contribution in [2.24, 2.45) is 0 Å². The Labute approximate surface area is 126 Å². The Bertz CT molecular complexity index is 402. The van der Waals surface area contributed by atoms with Crippen molar-refractivity contribution < 1.29 is 14.3 Å². The fraction of sp³-hybridized carbons (Fsp3) is 0.500. The summed E-state index contributed by atoms with van der Waals surface area (Å²) in [6, 6.07) is 7.72. The predicted molar refractivity (Wildman–Crippen MR) is 81.5 cm³/mol. The number of carbonyl (C=O) groups is 1. The molecule has 0 heterocycles. The molecule has 1 rings (SSSR count). The summed E-state index contributed by atoms with van der Waals surface area (Å²) >= 11 is 0. The van der Waals surface area contributed by atoms with Crippen LogP contribution in [0.1, 0.15) is 5.56 Å². The number of likely N-dealkylation sites (N-methyl/N-ethyl adjacent to an activating group) is 1. The molecule has 0 fully saturated rings. The largest absolute Gasteiger partial charge is 0.497 e. The minimum absolute atomic E-state index is 0. The number of ether oxygens (including phenoxy) is 2. The van der Waals surface area contributed by atoms with Crippen molar-refractivity contribution in [2.75, 3.05) is 41.0 Å². The molecule has 6 heteroatoms. The van der Waals surface area contributed by atoms with E-state index in [0.29, 0.717) is 26.2 Å². The number of nitrogens with zero attached hydrogens (tertiary/aromatic N) is 1. The van der Waals surface area contributed by atoms with Crippen molar-refractivity contribution in [2.45, 2.75) is 6.54 Å². The number of methoxy groups -OCH3 is 2. The number of halogens is 1. The Kier molecular flexibility index (Phi) is 9.80. The fourth-order valence-corrected chi connectivity index (χ4v) is 1.64. The van der Waals surface area contributed by atoms with Crippen LogP contribution in [0.25, 0.3) is 0 Å². The first kappa shape index (κ1) is 18.7. The summed E-state index contributed by atoms with van der Waals surface area (Å²) in [6.45, 7) is 2.17. The predicted octanol–water partition coefficient (Wildman–Crippen LogP) is 1.31. The zero-order chi connectivity index (χ0) is 14.1. The fourth-order valence-electron chi connectivity index (χ4n) is 1.64. The third-order valence-electron chi connectivity index (χ3n) is 2.74. The number of hydrogen-bond donors (Lipinski definition) is 1. The van der Waals surface area contributed by atoms with E-state index in [1.54, 1.807) is 26.2 Å². The van der Waals surface area contributed by atoms with Crippen LogP contribution in [0.4, 0.5) is 0 Å². The molecule has 0 spiro atoms. The van der Waals surface area contributed by atoms with Gasteiger partial charge in [-0.05, 0) is 17.7 Å². The summed E-state index contributed by atoms with van der Waals surface area (Å²) in [7, 11) is 5.06. The molecular formula is C14H23ClN2O3. The van der Waals surface area contributed by atoms with E-state index < -0.39 is 0 Å². The minimum Gasteiger partial charge on any atom is -0.497 e. The molecule has 0 aliphatic carbocycles. The van der Waals surface area contributed by atoms with E-state index in [4.69, 9.17) is 9.47 Å². The van der Waals surface area contributed by atoms with Gasteiger partial charge in [0.2, 0.25) is 5.91 Å². The van der Waals surface area contributed by atoms with Gasteiger partial charge < -0.3 is 19.7 Å². The molecule has 0 aromatic heterocycles. The van der Waals surface area contributed by atoms with Gasteiger partial charge in [0.25, 0.3) is 0 Å². The maximum absolute atomic E-state index is 11.9. The van der Waals surface area contributed by atoms with Crippen LogP contribution < -0.4 is 10.1 Å². The highest BCUT2D eigenvalue weighted by molar-refractivity contribution is 5.85. The molecule has 1 N–H and O–H groups in total. The molecule has 5 nitrogen and oxygen atoms in total. The summed E-state index contributed by atoms with van der Waals surface area (Å²) in [4.78, 5) is 13.5. The quantitative estimate of drug-likeness (QED) is 0.736. The van der Waals surface area contributed by atoms with Crippen molar-refractivity contribution in [3.05, 3.63) is 29.8 Å². The van der Waals surface area contributed by atoms with Crippen molar-refractivity contribution >= 4 is 18.3 Å². The van der Waals surface area contributed by atoms with Crippen LogP contribution in [0.15, 0.2) is 24.3 Å². The molecule has 20 heavy (non-hydrogen) atoms. The zero-order valence-corrected chi connectivity index (χ0v) is 13.0. The highest BCUT2D eigenvalue weighted by Crippen LogP contribution is 2.13. The van der Waals surface area contributed by atoms with E-state index >= 15 is 0 Å². The molecule has 0 radical (unpaired) electrons. The van der Waals surface area contributed by atoms with Crippen molar-refractivity contribution in [3.8, 4) is 5.75 Å². The molecule has 1 aromatic rings. The molecule has 0 unspecified atom stereocenters. The third kappa shape index (κ3) is 6.75. The average Bonchev–Trinajstić information content (AvgIpc) is 2.43. The second-order valence-electron chi connectivity index (χ2n) is 4.27. The highest BCUT2D eigenvalue weighted by Gasteiger charge is 2.08. The lowest BCUT2D eigenvalue weighted by molar-refractivity contribution is -0.129. The zero-order valence-electron chi connectivity index (χ0n) is 12.2. The van der Waals surface area contributed by atoms with Gasteiger partial charge in [0, 0.05) is 27.2 Å². The van der Waals surface area contributed by atoms with E-state index in [1.807, 2.05) is 24.3 Å². The molecular weight excluding hydrogens is 280 g/mol. The summed E-state index contributed by atoms with van der Waals surface area (Å²) < 4.78 is 10.1. The lowest BCUT2D eigenvalue weighted by atomic mass is 10.2. The topological polar surface area (TPSA) is 50.8 Å². The Morgan fingerprint density at radius 2 is 2.10 bits per heavy atom. The first-order valence-corrected chi connectivity index (χ1v) is 6.24. The van der Waals surface area contributed by atoms with Crippen LogP contribution in [-0.4, -0.2) is 51.8 Å². The lowest BCUT2D eigenvalue weighted by Crippen LogP contribution is -2.36. The van der Waals surface area contributed by atoms with Crippen LogP contribution in [0.3, 0.4) is 0 Å². The number of hydrogen-bond acceptors (Lipinski definition) is 4. The normalized spacial score (nSPS) is 9.75. The molecule has 0 saturated heterocycles. The van der Waals surface area contributed by atoms with Gasteiger partial charge in [-0.2, -0.15) is 0 Å². The second kappa shape index (κ2) is 10.5. The van der Waals surface area contributed by atoms with E-state index in [0.717, 1.165) is 11.3 Å². The van der Waals surface area contributed by atoms with Crippen LogP contribution in [0.5, 0.6) is 5.75 Å². The number of nitrogens with one attached hydrogen (secondary N) is 1. The van der Waals surface area contributed by atoms with E-state index in [1.165, 1.54) is 0 Å². The van der Waals surface area contributed by atoms with Gasteiger partial charge in [-0.1, -0.05) is 12.1 Å². The van der Waals surface area contributed by atoms with Gasteiger partial charge in [0.05, 0.1) is 20.3 Å². The smallest absolute Gasteiger partial charge is 0.236 e. The Morgan fingerprint density at radius 3 is 2.75 bits per heavy atom. The second-order valence-corrected chi connectivity index (χ2v) is 4.27. The van der Waals surface area contributed by atoms with Gasteiger partial charge in [0.1, 0.15) is 5.75 Å².